The standard InChI is InChI=1S/C15H17ClN2O4S2/c16-10-5-7-11(8-6-10)24(21,22)17-12-3-1-2-4-13(12)18-14(19)9-23-15(18)20/h5-8,12-13,17H,1-4,9H2/t12-,13-/m0/s1. The van der Waals surface area contributed by atoms with Crippen molar-refractivity contribution in [2.24, 2.45) is 0 Å². The van der Waals surface area contributed by atoms with Gasteiger partial charge >= 0.3 is 0 Å². The van der Waals surface area contributed by atoms with Crippen molar-refractivity contribution in [3.63, 3.8) is 0 Å². The molecular formula is C15H17ClN2O4S2. The van der Waals surface area contributed by atoms with E-state index >= 15 is 0 Å². The Labute approximate surface area is 150 Å². The van der Waals surface area contributed by atoms with Gasteiger partial charge in [0.1, 0.15) is 0 Å². The van der Waals surface area contributed by atoms with Crippen molar-refractivity contribution < 1.29 is 18.0 Å². The Hall–Kier alpha value is -1.09. The highest BCUT2D eigenvalue weighted by molar-refractivity contribution is 8.14. The fraction of sp³-hybridized carbons (Fsp3) is 0.467. The van der Waals surface area contributed by atoms with E-state index in [1.807, 2.05) is 0 Å². The lowest BCUT2D eigenvalue weighted by atomic mass is 9.90. The second kappa shape index (κ2) is 7.03. The highest BCUT2D eigenvalue weighted by Crippen LogP contribution is 2.30. The summed E-state index contributed by atoms with van der Waals surface area (Å²) in [5.74, 6) is -0.112. The SMILES string of the molecule is O=C1CSC(=O)N1[C@H]1CCCC[C@@H]1NS(=O)(=O)c1ccc(Cl)cc1. The highest BCUT2D eigenvalue weighted by atomic mass is 35.5. The number of imide groups is 1. The molecule has 0 bridgehead atoms. The van der Waals surface area contributed by atoms with Gasteiger partial charge in [-0.3, -0.25) is 14.5 Å². The molecule has 2 aliphatic rings. The molecule has 1 aromatic rings. The molecule has 1 aromatic carbocycles. The maximum atomic E-state index is 12.6. The second-order valence-corrected chi connectivity index (χ2v) is 8.93. The normalized spacial score (nSPS) is 25.3. The number of hydrogen-bond donors (Lipinski definition) is 1. The number of sulfonamides is 1. The number of hydrogen-bond acceptors (Lipinski definition) is 5. The van der Waals surface area contributed by atoms with Gasteiger partial charge in [0, 0.05) is 11.1 Å². The van der Waals surface area contributed by atoms with Crippen LogP contribution in [-0.2, 0) is 14.8 Å². The van der Waals surface area contributed by atoms with Gasteiger partial charge in [-0.1, -0.05) is 36.2 Å². The molecule has 0 unspecified atom stereocenters. The van der Waals surface area contributed by atoms with Crippen molar-refractivity contribution in [1.82, 2.24) is 9.62 Å². The van der Waals surface area contributed by atoms with Gasteiger partial charge in [-0.05, 0) is 37.1 Å². The number of carbonyl (C=O) groups is 2. The third-order valence-corrected chi connectivity index (χ3v) is 6.87. The molecule has 130 valence electrons. The maximum absolute atomic E-state index is 12.6. The summed E-state index contributed by atoms with van der Waals surface area (Å²) in [5, 5.41) is 0.164. The third kappa shape index (κ3) is 3.61. The smallest absolute Gasteiger partial charge is 0.273 e. The number of amides is 2. The van der Waals surface area contributed by atoms with E-state index in [9.17, 15) is 18.0 Å². The van der Waals surface area contributed by atoms with Crippen molar-refractivity contribution in [3.8, 4) is 0 Å². The molecule has 1 saturated heterocycles. The summed E-state index contributed by atoms with van der Waals surface area (Å²) < 4.78 is 27.8. The predicted molar refractivity (Wildman–Crippen MR) is 92.5 cm³/mol. The van der Waals surface area contributed by atoms with Gasteiger partial charge in [-0.2, -0.15) is 0 Å². The Kier molecular flexibility index (Phi) is 5.19. The topological polar surface area (TPSA) is 83.6 Å². The second-order valence-electron chi connectivity index (χ2n) is 5.85. The van der Waals surface area contributed by atoms with Crippen LogP contribution in [0.4, 0.5) is 4.79 Å². The Morgan fingerprint density at radius 2 is 1.79 bits per heavy atom. The highest BCUT2D eigenvalue weighted by Gasteiger charge is 2.41. The molecule has 0 spiro atoms. The van der Waals surface area contributed by atoms with Gasteiger partial charge in [-0.15, -0.1) is 0 Å². The number of nitrogens with one attached hydrogen (secondary N) is 1. The van der Waals surface area contributed by atoms with Crippen molar-refractivity contribution in [2.45, 2.75) is 42.7 Å². The van der Waals surface area contributed by atoms with Crippen LogP contribution >= 0.6 is 23.4 Å². The minimum Gasteiger partial charge on any atom is -0.273 e. The van der Waals surface area contributed by atoms with E-state index in [0.717, 1.165) is 24.6 Å². The van der Waals surface area contributed by atoms with Gasteiger partial charge < -0.3 is 0 Å². The number of thioether (sulfide) groups is 1. The van der Waals surface area contributed by atoms with Crippen LogP contribution in [0.15, 0.2) is 29.2 Å². The lowest BCUT2D eigenvalue weighted by Gasteiger charge is -2.36. The Morgan fingerprint density at radius 1 is 1.12 bits per heavy atom. The molecule has 1 N–H and O–H groups in total. The van der Waals surface area contributed by atoms with Gasteiger partial charge in [0.15, 0.2) is 0 Å². The van der Waals surface area contributed by atoms with Crippen LogP contribution in [-0.4, -0.2) is 42.3 Å². The summed E-state index contributed by atoms with van der Waals surface area (Å²) in [6, 6.07) is 5.01. The van der Waals surface area contributed by atoms with Crippen molar-refractivity contribution in [2.75, 3.05) is 5.75 Å². The van der Waals surface area contributed by atoms with E-state index in [0.29, 0.717) is 17.9 Å². The van der Waals surface area contributed by atoms with E-state index in [1.165, 1.54) is 29.2 Å². The number of nitrogens with zero attached hydrogens (tertiary/aromatic N) is 1. The fourth-order valence-electron chi connectivity index (χ4n) is 3.12. The van der Waals surface area contributed by atoms with Crippen LogP contribution < -0.4 is 4.72 Å². The average molecular weight is 389 g/mol. The quantitative estimate of drug-likeness (QED) is 0.857. The van der Waals surface area contributed by atoms with E-state index < -0.39 is 22.1 Å². The summed E-state index contributed by atoms with van der Waals surface area (Å²) >= 11 is 6.77. The van der Waals surface area contributed by atoms with Crippen molar-refractivity contribution in [3.05, 3.63) is 29.3 Å². The molecule has 1 aliphatic heterocycles. The number of rotatable bonds is 4. The van der Waals surface area contributed by atoms with E-state index in [-0.39, 0.29) is 21.8 Å². The van der Waals surface area contributed by atoms with Gasteiger partial charge in [0.2, 0.25) is 15.9 Å². The van der Waals surface area contributed by atoms with E-state index in [2.05, 4.69) is 4.72 Å². The molecule has 2 fully saturated rings. The summed E-state index contributed by atoms with van der Waals surface area (Å²) in [5.41, 5.74) is 0. The van der Waals surface area contributed by atoms with Crippen LogP contribution in [0.25, 0.3) is 0 Å². The molecule has 2 amide bonds. The molecule has 6 nitrogen and oxygen atoms in total. The van der Waals surface area contributed by atoms with Crippen LogP contribution in [0.3, 0.4) is 0 Å². The zero-order valence-corrected chi connectivity index (χ0v) is 15.2. The van der Waals surface area contributed by atoms with Gasteiger partial charge in [0.25, 0.3) is 5.24 Å². The number of halogens is 1. The van der Waals surface area contributed by atoms with Crippen LogP contribution in [0.1, 0.15) is 25.7 Å². The fourth-order valence-corrected chi connectivity index (χ4v) is 5.32. The molecule has 0 radical (unpaired) electrons. The van der Waals surface area contributed by atoms with Crippen molar-refractivity contribution >= 4 is 44.5 Å². The molecule has 1 aliphatic carbocycles. The Morgan fingerprint density at radius 3 is 2.42 bits per heavy atom. The Balaban J connectivity index is 1.82. The lowest BCUT2D eigenvalue weighted by molar-refractivity contribution is -0.127. The third-order valence-electron chi connectivity index (χ3n) is 4.28. The molecule has 9 heteroatoms. The Bertz CT molecular complexity index is 735. The van der Waals surface area contributed by atoms with Gasteiger partial charge in [0.05, 0.1) is 16.7 Å². The summed E-state index contributed by atoms with van der Waals surface area (Å²) in [4.78, 5) is 25.3. The summed E-state index contributed by atoms with van der Waals surface area (Å²) in [6.07, 6.45) is 2.93. The minimum absolute atomic E-state index is 0.115. The molecular weight excluding hydrogens is 372 g/mol. The first-order valence-corrected chi connectivity index (χ1v) is 10.5. The average Bonchev–Trinajstić information content (AvgIpc) is 2.87. The van der Waals surface area contributed by atoms with Crippen LogP contribution in [0, 0.1) is 0 Å². The predicted octanol–water partition coefficient (Wildman–Crippen LogP) is 2.62. The largest absolute Gasteiger partial charge is 0.289 e. The van der Waals surface area contributed by atoms with Crippen LogP contribution in [0.5, 0.6) is 0 Å². The number of carbonyl (C=O) groups excluding carboxylic acids is 2. The molecule has 0 aromatic heterocycles. The molecule has 1 saturated carbocycles. The maximum Gasteiger partial charge on any atom is 0.289 e. The number of benzene rings is 1. The zero-order chi connectivity index (χ0) is 17.3. The lowest BCUT2D eigenvalue weighted by Crippen LogP contribution is -2.54. The van der Waals surface area contributed by atoms with Gasteiger partial charge in [-0.25, -0.2) is 13.1 Å². The first kappa shape index (κ1) is 17.7. The molecule has 3 rings (SSSR count). The van der Waals surface area contributed by atoms with E-state index in [4.69, 9.17) is 11.6 Å². The molecule has 2 atom stereocenters. The van der Waals surface area contributed by atoms with Crippen LogP contribution in [0.2, 0.25) is 5.02 Å². The van der Waals surface area contributed by atoms with E-state index in [1.54, 1.807) is 0 Å². The minimum atomic E-state index is -3.74. The summed E-state index contributed by atoms with van der Waals surface area (Å²) in [7, 11) is -3.74. The molecule has 1 heterocycles. The molecule has 24 heavy (non-hydrogen) atoms. The first-order valence-electron chi connectivity index (χ1n) is 7.65. The summed E-state index contributed by atoms with van der Waals surface area (Å²) in [6.45, 7) is 0. The van der Waals surface area contributed by atoms with Crippen molar-refractivity contribution in [1.29, 1.82) is 0 Å². The zero-order valence-electron chi connectivity index (χ0n) is 12.8. The first-order chi connectivity index (χ1) is 11.4. The monoisotopic (exact) mass is 388 g/mol.